The van der Waals surface area contributed by atoms with Crippen LogP contribution in [0.15, 0.2) is 48.7 Å². The smallest absolute Gasteiger partial charge is 0.344 e. The van der Waals surface area contributed by atoms with Crippen molar-refractivity contribution in [3.8, 4) is 11.4 Å². The van der Waals surface area contributed by atoms with Crippen molar-refractivity contribution in [1.82, 2.24) is 15.2 Å². The van der Waals surface area contributed by atoms with Gasteiger partial charge in [0.1, 0.15) is 5.69 Å². The van der Waals surface area contributed by atoms with Crippen LogP contribution in [0, 0.1) is 0 Å². The molecular formula is C32H34N4O5. The van der Waals surface area contributed by atoms with Gasteiger partial charge in [0.15, 0.2) is 0 Å². The lowest BCUT2D eigenvalue weighted by Gasteiger charge is -2.38. The Hall–Kier alpha value is -4.40. The quantitative estimate of drug-likeness (QED) is 0.251. The van der Waals surface area contributed by atoms with Crippen molar-refractivity contribution in [2.45, 2.75) is 64.3 Å². The van der Waals surface area contributed by atoms with E-state index in [1.54, 1.807) is 13.8 Å². The maximum absolute atomic E-state index is 14.4. The van der Waals surface area contributed by atoms with Gasteiger partial charge in [0, 0.05) is 23.5 Å². The number of esters is 2. The molecule has 1 aliphatic carbocycles. The molecule has 9 heteroatoms. The standard InChI is InChI=1S/C32H34N4O5/c1-5-40-29(38)32(30(39)41-6-2,17-19-11-8-7-9-12-19)36-25-15-22-21-14-10-13-20-18-33-35-26(20)27(21)34-24(22)16-23(25)31(3,4)28(36)37/h7-9,11-12,15-16,18,34H,5-6,10,13-14,17H2,1-4H3,(H,33,35). The zero-order valence-corrected chi connectivity index (χ0v) is 23.8. The highest BCUT2D eigenvalue weighted by Gasteiger charge is 2.62. The minimum atomic E-state index is -2.05. The Balaban J connectivity index is 1.62. The van der Waals surface area contributed by atoms with E-state index >= 15 is 0 Å². The normalized spacial score (nSPS) is 15.7. The highest BCUT2D eigenvalue weighted by molar-refractivity contribution is 6.21. The van der Waals surface area contributed by atoms with Crippen LogP contribution in [-0.4, -0.2) is 51.8 Å². The molecule has 0 bridgehead atoms. The average Bonchev–Trinajstić information content (AvgIpc) is 3.58. The molecule has 0 atom stereocenters. The van der Waals surface area contributed by atoms with E-state index in [0.29, 0.717) is 11.3 Å². The molecule has 1 amide bonds. The summed E-state index contributed by atoms with van der Waals surface area (Å²) in [5, 5.41) is 8.45. The predicted molar refractivity (Wildman–Crippen MR) is 155 cm³/mol. The first-order chi connectivity index (χ1) is 19.7. The molecule has 0 spiro atoms. The first-order valence-electron chi connectivity index (χ1n) is 14.2. The number of carbonyl (C=O) groups excluding carboxylic acids is 3. The van der Waals surface area contributed by atoms with E-state index in [-0.39, 0.29) is 25.5 Å². The number of nitrogens with zero attached hydrogens (tertiary/aromatic N) is 2. The molecular weight excluding hydrogens is 520 g/mol. The van der Waals surface area contributed by atoms with Crippen LogP contribution >= 0.6 is 0 Å². The molecule has 2 aromatic carbocycles. The van der Waals surface area contributed by atoms with E-state index in [9.17, 15) is 14.4 Å². The van der Waals surface area contributed by atoms with E-state index in [2.05, 4.69) is 15.2 Å². The number of aromatic nitrogens is 3. The van der Waals surface area contributed by atoms with Gasteiger partial charge in [-0.25, -0.2) is 9.59 Å². The van der Waals surface area contributed by atoms with Crippen molar-refractivity contribution < 1.29 is 23.9 Å². The molecule has 0 fully saturated rings. The van der Waals surface area contributed by atoms with Crippen LogP contribution in [0.2, 0.25) is 0 Å². The summed E-state index contributed by atoms with van der Waals surface area (Å²) in [7, 11) is 0. The highest BCUT2D eigenvalue weighted by atomic mass is 16.6. The van der Waals surface area contributed by atoms with Gasteiger partial charge < -0.3 is 14.5 Å². The molecule has 6 rings (SSSR count). The number of hydrogen-bond acceptors (Lipinski definition) is 6. The van der Waals surface area contributed by atoms with E-state index < -0.39 is 22.9 Å². The zero-order valence-electron chi connectivity index (χ0n) is 23.8. The molecule has 0 radical (unpaired) electrons. The van der Waals surface area contributed by atoms with Gasteiger partial charge in [0.25, 0.3) is 0 Å². The number of amides is 1. The molecule has 41 heavy (non-hydrogen) atoms. The van der Waals surface area contributed by atoms with Crippen LogP contribution in [0.1, 0.15) is 56.4 Å². The molecule has 3 heterocycles. The van der Waals surface area contributed by atoms with Crippen molar-refractivity contribution in [1.29, 1.82) is 0 Å². The molecule has 9 nitrogen and oxygen atoms in total. The van der Waals surface area contributed by atoms with Crippen LogP contribution in [0.4, 0.5) is 5.69 Å². The SMILES string of the molecule is CCOC(=O)C(Cc1ccccc1)(C(=O)OCC)N1C(=O)C(C)(C)c2cc3[nH]c4c(c3cc21)CCCc1c[nH]nc1-4. The molecule has 0 saturated carbocycles. The number of aryl methyl sites for hydroxylation is 2. The number of H-pyrrole nitrogens is 2. The monoisotopic (exact) mass is 554 g/mol. The van der Waals surface area contributed by atoms with E-state index in [1.165, 1.54) is 4.90 Å². The largest absolute Gasteiger partial charge is 0.464 e. The van der Waals surface area contributed by atoms with Crippen molar-refractivity contribution in [3.63, 3.8) is 0 Å². The number of aromatic amines is 2. The maximum atomic E-state index is 14.4. The number of rotatable bonds is 7. The molecule has 2 aliphatic rings. The summed E-state index contributed by atoms with van der Waals surface area (Å²) in [6.45, 7) is 7.10. The number of anilines is 1. The number of carbonyl (C=O) groups is 3. The second kappa shape index (κ2) is 9.90. The maximum Gasteiger partial charge on any atom is 0.344 e. The average molecular weight is 555 g/mol. The van der Waals surface area contributed by atoms with Crippen LogP contribution in [0.5, 0.6) is 0 Å². The van der Waals surface area contributed by atoms with Crippen molar-refractivity contribution in [2.75, 3.05) is 18.1 Å². The Kier molecular flexibility index (Phi) is 6.47. The van der Waals surface area contributed by atoms with Gasteiger partial charge in [-0.3, -0.25) is 14.8 Å². The molecule has 0 unspecified atom stereocenters. The fourth-order valence-corrected chi connectivity index (χ4v) is 6.38. The fraction of sp³-hybridized carbons (Fsp3) is 0.375. The number of ether oxygens (including phenoxy) is 2. The van der Waals surface area contributed by atoms with E-state index in [4.69, 9.17) is 9.47 Å². The first kappa shape index (κ1) is 26.8. The molecule has 2 N–H and O–H groups in total. The minimum Gasteiger partial charge on any atom is -0.464 e. The number of hydrogen-bond donors (Lipinski definition) is 2. The minimum absolute atomic E-state index is 0.0451. The van der Waals surface area contributed by atoms with Crippen LogP contribution in [-0.2, 0) is 48.5 Å². The van der Waals surface area contributed by atoms with Gasteiger partial charge in [-0.1, -0.05) is 30.3 Å². The highest BCUT2D eigenvalue weighted by Crippen LogP contribution is 2.49. The third-order valence-electron chi connectivity index (χ3n) is 8.41. The molecule has 2 aromatic heterocycles. The van der Waals surface area contributed by atoms with E-state index in [0.717, 1.165) is 58.2 Å². The van der Waals surface area contributed by atoms with E-state index in [1.807, 2.05) is 62.5 Å². The topological polar surface area (TPSA) is 117 Å². The zero-order chi connectivity index (χ0) is 28.9. The Morgan fingerprint density at radius 1 is 1.05 bits per heavy atom. The Labute approximate surface area is 238 Å². The summed E-state index contributed by atoms with van der Waals surface area (Å²) in [6.07, 6.45) is 4.53. The lowest BCUT2D eigenvalue weighted by atomic mass is 9.85. The Bertz CT molecular complexity index is 1650. The molecule has 1 aliphatic heterocycles. The Morgan fingerprint density at radius 2 is 1.76 bits per heavy atom. The predicted octanol–water partition coefficient (Wildman–Crippen LogP) is 4.78. The third kappa shape index (κ3) is 3.97. The van der Waals surface area contributed by atoms with Crippen molar-refractivity contribution in [2.24, 2.45) is 0 Å². The summed E-state index contributed by atoms with van der Waals surface area (Å²) in [5.74, 6) is -1.99. The third-order valence-corrected chi connectivity index (χ3v) is 8.41. The summed E-state index contributed by atoms with van der Waals surface area (Å²) < 4.78 is 11.1. The fourth-order valence-electron chi connectivity index (χ4n) is 6.38. The summed E-state index contributed by atoms with van der Waals surface area (Å²) in [6, 6.07) is 13.1. The lowest BCUT2D eigenvalue weighted by molar-refractivity contribution is -0.165. The second-order valence-electron chi connectivity index (χ2n) is 11.2. The van der Waals surface area contributed by atoms with Crippen molar-refractivity contribution in [3.05, 3.63) is 70.9 Å². The molecule has 212 valence electrons. The van der Waals surface area contributed by atoms with Gasteiger partial charge in [-0.2, -0.15) is 5.10 Å². The van der Waals surface area contributed by atoms with Gasteiger partial charge in [0.2, 0.25) is 11.4 Å². The lowest BCUT2D eigenvalue weighted by Crippen LogP contribution is -2.65. The van der Waals surface area contributed by atoms with Crippen LogP contribution < -0.4 is 4.90 Å². The van der Waals surface area contributed by atoms with Gasteiger partial charge in [-0.05, 0) is 81.3 Å². The number of benzene rings is 2. The molecule has 0 saturated heterocycles. The Morgan fingerprint density at radius 3 is 2.44 bits per heavy atom. The number of nitrogens with one attached hydrogen (secondary N) is 2. The van der Waals surface area contributed by atoms with Crippen LogP contribution in [0.3, 0.4) is 0 Å². The van der Waals surface area contributed by atoms with Gasteiger partial charge >= 0.3 is 11.9 Å². The van der Waals surface area contributed by atoms with Gasteiger partial charge in [0.05, 0.1) is 30.0 Å². The number of fused-ring (bicyclic) bond motifs is 6. The first-order valence-corrected chi connectivity index (χ1v) is 14.2. The summed E-state index contributed by atoms with van der Waals surface area (Å²) in [4.78, 5) is 47.3. The summed E-state index contributed by atoms with van der Waals surface area (Å²) in [5.41, 5.74) is 3.87. The van der Waals surface area contributed by atoms with Crippen LogP contribution in [0.25, 0.3) is 22.3 Å². The summed E-state index contributed by atoms with van der Waals surface area (Å²) >= 11 is 0. The molecule has 4 aromatic rings. The van der Waals surface area contributed by atoms with Gasteiger partial charge in [-0.15, -0.1) is 0 Å². The second-order valence-corrected chi connectivity index (χ2v) is 11.2. The van der Waals surface area contributed by atoms with Crippen molar-refractivity contribution >= 4 is 34.4 Å².